The van der Waals surface area contributed by atoms with E-state index in [0.717, 1.165) is 42.4 Å². The molecule has 1 aliphatic rings. The van der Waals surface area contributed by atoms with Gasteiger partial charge in [-0.15, -0.1) is 33.2 Å². The molecule has 0 spiro atoms. The fourth-order valence-electron chi connectivity index (χ4n) is 2.51. The van der Waals surface area contributed by atoms with Crippen molar-refractivity contribution >= 4 is 60.4 Å². The molecule has 1 aromatic carbocycles. The van der Waals surface area contributed by atoms with E-state index in [2.05, 4.69) is 37.4 Å². The Labute approximate surface area is 154 Å². The van der Waals surface area contributed by atoms with Gasteiger partial charge in [0.2, 0.25) is 0 Å². The Bertz CT molecular complexity index is 513. The van der Waals surface area contributed by atoms with Gasteiger partial charge in [0, 0.05) is 11.6 Å². The molecule has 2 nitrogen and oxygen atoms in total. The molecule has 0 saturated carbocycles. The molecule has 0 aliphatic carbocycles. The van der Waals surface area contributed by atoms with Crippen molar-refractivity contribution in [2.45, 2.75) is 44.5 Å². The number of hydrogen-bond acceptors (Lipinski definition) is 3. The van der Waals surface area contributed by atoms with Gasteiger partial charge in [0.1, 0.15) is 5.75 Å². The van der Waals surface area contributed by atoms with Gasteiger partial charge in [-0.05, 0) is 55.3 Å². The van der Waals surface area contributed by atoms with Crippen LogP contribution in [0, 0.1) is 0 Å². The molecule has 1 aliphatic heterocycles. The van der Waals surface area contributed by atoms with E-state index in [4.69, 9.17) is 42.1 Å². The SMILES string of the molecule is C[Si]1(CCCS)OCc2cc(CCC[Si](Cl)(Cl)Cl)ccc2O1. The summed E-state index contributed by atoms with van der Waals surface area (Å²) in [4.78, 5) is 0. The molecule has 0 amide bonds. The maximum atomic E-state index is 6.16. The molecule has 1 atom stereocenters. The number of benzene rings is 1. The van der Waals surface area contributed by atoms with Crippen LogP contribution >= 0.6 is 45.9 Å². The number of aryl methyl sites for hydroxylation is 1. The minimum atomic E-state index is -2.50. The second kappa shape index (κ2) is 8.14. The van der Waals surface area contributed by atoms with Crippen molar-refractivity contribution in [2.75, 3.05) is 5.75 Å². The summed E-state index contributed by atoms with van der Waals surface area (Å²) in [5.41, 5.74) is 2.37. The second-order valence-corrected chi connectivity index (χ2v) is 18.7. The summed E-state index contributed by atoms with van der Waals surface area (Å²) in [7, 11) is -2.07. The molecule has 1 heterocycles. The van der Waals surface area contributed by atoms with Crippen molar-refractivity contribution in [2.24, 2.45) is 0 Å². The first kappa shape index (κ1) is 19.0. The summed E-state index contributed by atoms with van der Waals surface area (Å²) in [6.07, 6.45) is 2.85. The molecule has 2 rings (SSSR count). The van der Waals surface area contributed by atoms with Gasteiger partial charge in [-0.25, -0.2) is 0 Å². The maximum Gasteiger partial charge on any atom is 0.395 e. The summed E-state index contributed by atoms with van der Waals surface area (Å²) in [6, 6.07) is 5.49. The monoisotopic (exact) mass is 414 g/mol. The molecule has 0 bridgehead atoms. The molecular weight excluding hydrogens is 395 g/mol. The first-order chi connectivity index (χ1) is 10.3. The lowest BCUT2D eigenvalue weighted by Crippen LogP contribution is -2.44. The minimum absolute atomic E-state index is 0.637. The molecule has 8 heteroatoms. The van der Waals surface area contributed by atoms with Crippen LogP contribution in [0.5, 0.6) is 5.75 Å². The Morgan fingerprint density at radius 1 is 1.27 bits per heavy atom. The number of fused-ring (bicyclic) bond motifs is 1. The van der Waals surface area contributed by atoms with Crippen LogP contribution in [0.25, 0.3) is 0 Å². The molecule has 0 aromatic heterocycles. The molecule has 1 unspecified atom stereocenters. The Hall–Kier alpha value is 0.634. The molecular formula is C14H21Cl3O2SSi2. The molecule has 1 aromatic rings. The number of hydrogen-bond donors (Lipinski definition) is 1. The zero-order chi connectivity index (χ0) is 16.2. The van der Waals surface area contributed by atoms with Crippen LogP contribution in [0.1, 0.15) is 24.0 Å². The van der Waals surface area contributed by atoms with E-state index >= 15 is 0 Å². The second-order valence-electron chi connectivity index (χ2n) is 5.76. The Morgan fingerprint density at radius 3 is 2.73 bits per heavy atom. The predicted molar refractivity (Wildman–Crippen MR) is 103 cm³/mol. The number of rotatable bonds is 7. The standard InChI is InChI=1S/C14H21Cl3O2SSi2/c1-21(8-3-7-20)18-11-13-10-12(5-6-14(13)19-21)4-2-9-22(15,16)17/h5-6,10,20H,2-4,7-9,11H2,1H3. The maximum absolute atomic E-state index is 6.16. The van der Waals surface area contributed by atoms with E-state index < -0.39 is 14.6 Å². The quantitative estimate of drug-likeness (QED) is 0.356. The number of halogens is 3. The molecule has 124 valence electrons. The van der Waals surface area contributed by atoms with E-state index in [1.807, 2.05) is 0 Å². The lowest BCUT2D eigenvalue weighted by molar-refractivity contribution is 0.204. The van der Waals surface area contributed by atoms with E-state index in [0.29, 0.717) is 12.7 Å². The van der Waals surface area contributed by atoms with Crippen LogP contribution in [-0.2, 0) is 17.5 Å². The lowest BCUT2D eigenvalue weighted by Gasteiger charge is -2.33. The summed E-state index contributed by atoms with van der Waals surface area (Å²) in [5, 5.41) is 0. The molecule has 0 radical (unpaired) electrons. The van der Waals surface area contributed by atoms with E-state index in [-0.39, 0.29) is 0 Å². The summed E-state index contributed by atoms with van der Waals surface area (Å²) >= 11 is 22.0. The topological polar surface area (TPSA) is 18.5 Å². The van der Waals surface area contributed by atoms with Gasteiger partial charge >= 0.3 is 14.6 Å². The van der Waals surface area contributed by atoms with Gasteiger partial charge in [-0.2, -0.15) is 12.6 Å². The predicted octanol–water partition coefficient (Wildman–Crippen LogP) is 5.58. The van der Waals surface area contributed by atoms with Gasteiger partial charge < -0.3 is 8.85 Å². The van der Waals surface area contributed by atoms with Gasteiger partial charge in [0.25, 0.3) is 0 Å². The van der Waals surface area contributed by atoms with Crippen molar-refractivity contribution in [3.63, 3.8) is 0 Å². The van der Waals surface area contributed by atoms with Crippen molar-refractivity contribution < 1.29 is 8.85 Å². The Balaban J connectivity index is 1.96. The average Bonchev–Trinajstić information content (AvgIpc) is 2.44. The molecule has 0 N–H and O–H groups in total. The molecule has 0 fully saturated rings. The summed E-state index contributed by atoms with van der Waals surface area (Å²) in [5.74, 6) is 1.84. The van der Waals surface area contributed by atoms with Gasteiger partial charge in [0.15, 0.2) is 0 Å². The third kappa shape index (κ3) is 5.93. The third-order valence-corrected chi connectivity index (χ3v) is 9.30. The van der Waals surface area contributed by atoms with Crippen LogP contribution in [-0.4, -0.2) is 20.3 Å². The Morgan fingerprint density at radius 2 is 2.05 bits per heavy atom. The highest BCUT2D eigenvalue weighted by molar-refractivity contribution is 7.80. The smallest absolute Gasteiger partial charge is 0.395 e. The van der Waals surface area contributed by atoms with Crippen molar-refractivity contribution in [3.8, 4) is 5.75 Å². The van der Waals surface area contributed by atoms with Gasteiger partial charge in [-0.1, -0.05) is 6.07 Å². The zero-order valence-electron chi connectivity index (χ0n) is 12.6. The molecule has 22 heavy (non-hydrogen) atoms. The van der Waals surface area contributed by atoms with E-state index in [1.165, 1.54) is 5.56 Å². The first-order valence-electron chi connectivity index (χ1n) is 7.44. The highest BCUT2D eigenvalue weighted by atomic mass is 35.8. The van der Waals surface area contributed by atoms with Crippen molar-refractivity contribution in [1.82, 2.24) is 0 Å². The van der Waals surface area contributed by atoms with Crippen LogP contribution in [0.4, 0.5) is 0 Å². The fraction of sp³-hybridized carbons (Fsp3) is 0.571. The van der Waals surface area contributed by atoms with Crippen LogP contribution < -0.4 is 4.43 Å². The number of thiol groups is 1. The van der Waals surface area contributed by atoms with E-state index in [9.17, 15) is 0 Å². The van der Waals surface area contributed by atoms with Crippen molar-refractivity contribution in [1.29, 1.82) is 0 Å². The van der Waals surface area contributed by atoms with Crippen molar-refractivity contribution in [3.05, 3.63) is 29.3 Å². The average molecular weight is 416 g/mol. The van der Waals surface area contributed by atoms with Crippen LogP contribution in [0.3, 0.4) is 0 Å². The minimum Gasteiger partial charge on any atom is -0.520 e. The fourth-order valence-corrected chi connectivity index (χ4v) is 6.99. The highest BCUT2D eigenvalue weighted by Gasteiger charge is 2.37. The summed E-state index contributed by atoms with van der Waals surface area (Å²) in [6.45, 7) is 2.76. The van der Waals surface area contributed by atoms with E-state index in [1.54, 1.807) is 0 Å². The molecule has 0 saturated heterocycles. The first-order valence-corrected chi connectivity index (χ1v) is 15.8. The third-order valence-electron chi connectivity index (χ3n) is 3.70. The van der Waals surface area contributed by atoms with Crippen LogP contribution in [0.2, 0.25) is 18.6 Å². The summed E-state index contributed by atoms with van der Waals surface area (Å²) < 4.78 is 12.2. The largest absolute Gasteiger partial charge is 0.520 e. The highest BCUT2D eigenvalue weighted by Crippen LogP contribution is 2.33. The zero-order valence-corrected chi connectivity index (χ0v) is 17.7. The Kier molecular flexibility index (Phi) is 7.02. The van der Waals surface area contributed by atoms with Gasteiger partial charge in [0.05, 0.1) is 6.61 Å². The lowest BCUT2D eigenvalue weighted by atomic mass is 10.1. The van der Waals surface area contributed by atoms with Crippen LogP contribution in [0.15, 0.2) is 18.2 Å². The normalized spacial score (nSPS) is 21.3. The van der Waals surface area contributed by atoms with Gasteiger partial charge in [-0.3, -0.25) is 0 Å².